The lowest BCUT2D eigenvalue weighted by Gasteiger charge is -2.36. The largest absolute Gasteiger partial charge is 0.478 e. The van der Waals surface area contributed by atoms with Crippen LogP contribution in [-0.2, 0) is 16.6 Å². The number of aliphatic carboxylic acids is 2. The molecule has 1 aromatic carbocycles. The van der Waals surface area contributed by atoms with Crippen LogP contribution < -0.4 is 20.7 Å². The van der Waals surface area contributed by atoms with Gasteiger partial charge in [0.1, 0.15) is 0 Å². The predicted molar refractivity (Wildman–Crippen MR) is 162 cm³/mol. The monoisotopic (exact) mass is 592 g/mol. The highest BCUT2D eigenvalue weighted by molar-refractivity contribution is 5.89. The van der Waals surface area contributed by atoms with Crippen molar-refractivity contribution in [1.29, 1.82) is 0 Å². The van der Waals surface area contributed by atoms with E-state index in [4.69, 9.17) is 15.2 Å². The molecule has 1 saturated carbocycles. The number of piperazine rings is 1. The molecule has 43 heavy (non-hydrogen) atoms. The number of hydrogen-bond acceptors (Lipinski definition) is 8. The van der Waals surface area contributed by atoms with Gasteiger partial charge in [-0.05, 0) is 36.6 Å². The SMILES string of the molecule is CN(c1ccc([C@H]2CN(c3nc(-c4ccncc4F)cc(=O)n3C)CCN2)cc1)C1CCCCC1.O=C(O)/C=C/C(=O)O. The van der Waals surface area contributed by atoms with Gasteiger partial charge in [0.05, 0.1) is 11.9 Å². The molecule has 1 aliphatic carbocycles. The summed E-state index contributed by atoms with van der Waals surface area (Å²) in [5, 5.41) is 19.2. The first kappa shape index (κ1) is 31.4. The summed E-state index contributed by atoms with van der Waals surface area (Å²) in [5.41, 5.74) is 2.85. The number of benzene rings is 1. The van der Waals surface area contributed by atoms with Gasteiger partial charge in [0.2, 0.25) is 5.95 Å². The molecule has 0 spiro atoms. The Morgan fingerprint density at radius 1 is 1.07 bits per heavy atom. The number of carbonyl (C=O) groups is 2. The van der Waals surface area contributed by atoms with Gasteiger partial charge in [-0.3, -0.25) is 14.3 Å². The molecule has 1 aliphatic heterocycles. The molecule has 0 bridgehead atoms. The molecular formula is C31H37FN6O5. The van der Waals surface area contributed by atoms with E-state index in [9.17, 15) is 18.8 Å². The fraction of sp³-hybridized carbons (Fsp3) is 0.387. The number of anilines is 2. The molecular weight excluding hydrogens is 555 g/mol. The number of pyridine rings is 1. The van der Waals surface area contributed by atoms with Crippen LogP contribution in [0.4, 0.5) is 16.0 Å². The lowest BCUT2D eigenvalue weighted by Crippen LogP contribution is -2.47. The summed E-state index contributed by atoms with van der Waals surface area (Å²) in [6, 6.07) is 12.5. The van der Waals surface area contributed by atoms with Crippen molar-refractivity contribution in [2.24, 2.45) is 7.05 Å². The summed E-state index contributed by atoms with van der Waals surface area (Å²) < 4.78 is 15.9. The number of nitrogens with one attached hydrogen (secondary N) is 1. The molecule has 12 heteroatoms. The maximum Gasteiger partial charge on any atom is 0.328 e. The van der Waals surface area contributed by atoms with E-state index in [1.54, 1.807) is 13.1 Å². The highest BCUT2D eigenvalue weighted by Gasteiger charge is 2.25. The van der Waals surface area contributed by atoms with Crippen molar-refractivity contribution in [2.75, 3.05) is 36.5 Å². The lowest BCUT2D eigenvalue weighted by molar-refractivity contribution is -0.134. The number of carboxylic acids is 2. The zero-order chi connectivity index (χ0) is 30.9. The van der Waals surface area contributed by atoms with Gasteiger partial charge in [-0.1, -0.05) is 31.4 Å². The van der Waals surface area contributed by atoms with E-state index in [0.717, 1.165) is 12.7 Å². The van der Waals surface area contributed by atoms with Crippen LogP contribution >= 0.6 is 0 Å². The smallest absolute Gasteiger partial charge is 0.328 e. The molecule has 3 aromatic rings. The average Bonchev–Trinajstić information content (AvgIpc) is 3.02. The Morgan fingerprint density at radius 3 is 2.37 bits per heavy atom. The first-order chi connectivity index (χ1) is 20.6. The van der Waals surface area contributed by atoms with E-state index >= 15 is 0 Å². The van der Waals surface area contributed by atoms with Gasteiger partial charge in [-0.15, -0.1) is 0 Å². The molecule has 5 rings (SSSR count). The molecule has 1 saturated heterocycles. The van der Waals surface area contributed by atoms with Crippen molar-refractivity contribution in [3.05, 3.63) is 82.7 Å². The third-order valence-electron chi connectivity index (χ3n) is 7.81. The third kappa shape index (κ3) is 8.25. The number of carboxylic acid groups (broad SMARTS) is 2. The van der Waals surface area contributed by atoms with Crippen molar-refractivity contribution < 1.29 is 24.2 Å². The minimum absolute atomic E-state index is 0.107. The van der Waals surface area contributed by atoms with E-state index in [0.29, 0.717) is 42.9 Å². The van der Waals surface area contributed by atoms with Crippen molar-refractivity contribution in [1.82, 2.24) is 19.9 Å². The Bertz CT molecular complexity index is 1490. The second kappa shape index (κ2) is 14.5. The van der Waals surface area contributed by atoms with Gasteiger partial charge in [-0.25, -0.2) is 19.0 Å². The summed E-state index contributed by atoms with van der Waals surface area (Å²) in [6.07, 6.45) is 10.3. The molecule has 3 heterocycles. The summed E-state index contributed by atoms with van der Waals surface area (Å²) >= 11 is 0. The standard InChI is InChI=1S/C27H33FN6O.C4H4O4/c1-32(20-6-4-3-5-7-20)21-10-8-19(9-11-21)25-18-34(15-14-30-25)27-31-24(16-26(35)33(27)2)22-12-13-29-17-23(22)28;5-3(6)1-2-4(7)8/h8-13,16-17,20,25,30H,3-7,14-15,18H2,1-2H3;1-2H,(H,5,6)(H,7,8)/b;2-1+/t25-;/m1./s1. The average molecular weight is 593 g/mol. The molecule has 0 amide bonds. The molecule has 2 fully saturated rings. The summed E-state index contributed by atoms with van der Waals surface area (Å²) in [4.78, 5) is 44.8. The topological polar surface area (TPSA) is 141 Å². The Kier molecular flexibility index (Phi) is 10.6. The second-order valence-corrected chi connectivity index (χ2v) is 10.7. The Labute approximate surface area is 249 Å². The van der Waals surface area contributed by atoms with Gasteiger partial charge < -0.3 is 25.3 Å². The molecule has 11 nitrogen and oxygen atoms in total. The third-order valence-corrected chi connectivity index (χ3v) is 7.81. The van der Waals surface area contributed by atoms with Gasteiger partial charge in [0, 0.05) is 81.5 Å². The van der Waals surface area contributed by atoms with Crippen molar-refractivity contribution in [2.45, 2.75) is 44.2 Å². The van der Waals surface area contributed by atoms with Crippen LogP contribution in [0.3, 0.4) is 0 Å². The van der Waals surface area contributed by atoms with Crippen LogP contribution in [0.1, 0.15) is 43.7 Å². The van der Waals surface area contributed by atoms with Crippen LogP contribution in [-0.4, -0.2) is 69.4 Å². The highest BCUT2D eigenvalue weighted by atomic mass is 19.1. The Morgan fingerprint density at radius 2 is 1.74 bits per heavy atom. The predicted octanol–water partition coefficient (Wildman–Crippen LogP) is 3.61. The van der Waals surface area contributed by atoms with Crippen LogP contribution in [0.25, 0.3) is 11.3 Å². The first-order valence-corrected chi connectivity index (χ1v) is 14.3. The number of hydrogen-bond donors (Lipinski definition) is 3. The lowest BCUT2D eigenvalue weighted by atomic mass is 9.94. The van der Waals surface area contributed by atoms with Crippen LogP contribution in [0.2, 0.25) is 0 Å². The zero-order valence-corrected chi connectivity index (χ0v) is 24.3. The van der Waals surface area contributed by atoms with Crippen molar-refractivity contribution >= 4 is 23.6 Å². The molecule has 3 N–H and O–H groups in total. The molecule has 2 aliphatic rings. The fourth-order valence-corrected chi connectivity index (χ4v) is 5.45. The maximum absolute atomic E-state index is 14.3. The minimum Gasteiger partial charge on any atom is -0.478 e. The maximum atomic E-state index is 14.3. The molecule has 2 aromatic heterocycles. The van der Waals surface area contributed by atoms with E-state index < -0.39 is 17.8 Å². The summed E-state index contributed by atoms with van der Waals surface area (Å²) in [6.45, 7) is 2.14. The van der Waals surface area contributed by atoms with Gasteiger partial charge >= 0.3 is 11.9 Å². The number of rotatable bonds is 7. The summed E-state index contributed by atoms with van der Waals surface area (Å²) in [7, 11) is 3.92. The quantitative estimate of drug-likeness (QED) is 0.349. The molecule has 0 radical (unpaired) electrons. The van der Waals surface area contributed by atoms with Crippen LogP contribution in [0.5, 0.6) is 0 Å². The van der Waals surface area contributed by atoms with Crippen molar-refractivity contribution in [3.63, 3.8) is 0 Å². The summed E-state index contributed by atoms with van der Waals surface area (Å²) in [5.74, 6) is -2.46. The Balaban J connectivity index is 0.000000467. The van der Waals surface area contributed by atoms with E-state index in [1.807, 2.05) is 0 Å². The van der Waals surface area contributed by atoms with Gasteiger partial charge in [0.25, 0.3) is 5.56 Å². The second-order valence-electron chi connectivity index (χ2n) is 10.7. The zero-order valence-electron chi connectivity index (χ0n) is 24.3. The van der Waals surface area contributed by atoms with Crippen molar-refractivity contribution in [3.8, 4) is 11.3 Å². The van der Waals surface area contributed by atoms with Gasteiger partial charge in [0.15, 0.2) is 5.82 Å². The first-order valence-electron chi connectivity index (χ1n) is 14.3. The molecule has 1 atom stereocenters. The van der Waals surface area contributed by atoms with Crippen LogP contribution in [0, 0.1) is 5.82 Å². The normalized spacial score (nSPS) is 17.3. The number of nitrogens with zero attached hydrogens (tertiary/aromatic N) is 5. The number of halogens is 1. The van der Waals surface area contributed by atoms with Gasteiger partial charge in [-0.2, -0.15) is 0 Å². The van der Waals surface area contributed by atoms with E-state index in [2.05, 4.69) is 51.4 Å². The number of aromatic nitrogens is 3. The van der Waals surface area contributed by atoms with Crippen LogP contribution in [0.15, 0.2) is 65.7 Å². The fourth-order valence-electron chi connectivity index (χ4n) is 5.45. The Hall–Kier alpha value is -4.58. The molecule has 0 unspecified atom stereocenters. The van der Waals surface area contributed by atoms with E-state index in [-0.39, 0.29) is 17.2 Å². The molecule has 228 valence electrons. The highest BCUT2D eigenvalue weighted by Crippen LogP contribution is 2.28. The van der Waals surface area contributed by atoms with E-state index in [1.165, 1.54) is 60.2 Å². The minimum atomic E-state index is -1.26.